The minimum Gasteiger partial charge on any atom is -0.448 e. The molecule has 1 aliphatic heterocycles. The van der Waals surface area contributed by atoms with Crippen molar-refractivity contribution in [1.82, 2.24) is 34.4 Å². The molecule has 4 heterocycles. The number of rotatable bonds is 6. The summed E-state index contributed by atoms with van der Waals surface area (Å²) in [6.07, 6.45) is 6.61. The summed E-state index contributed by atoms with van der Waals surface area (Å²) in [6, 6.07) is 3.21. The third-order valence-electron chi connectivity index (χ3n) is 5.21. The van der Waals surface area contributed by atoms with Gasteiger partial charge in [-0.25, -0.2) is 19.3 Å². The number of hydrogen-bond donors (Lipinski definition) is 0. The first-order valence-corrected chi connectivity index (χ1v) is 9.68. The Morgan fingerprint density at radius 2 is 2.07 bits per heavy atom. The highest BCUT2D eigenvalue weighted by molar-refractivity contribution is 5.16. The molecule has 0 amide bonds. The molecule has 3 aromatic heterocycles. The zero-order valence-electron chi connectivity index (χ0n) is 16.2. The van der Waals surface area contributed by atoms with E-state index in [1.807, 2.05) is 0 Å². The molecule has 0 aliphatic carbocycles. The monoisotopic (exact) mass is 383 g/mol. The van der Waals surface area contributed by atoms with Gasteiger partial charge in [0.25, 0.3) is 5.56 Å². The van der Waals surface area contributed by atoms with Crippen molar-refractivity contribution in [1.29, 1.82) is 0 Å². The molecule has 0 radical (unpaired) electrons. The standard InChI is InChI=1S/C19H25N7O2/c1-14(2)19-16(21-13-28-19)10-24-7-5-15(6-8-24)9-25-18(27)4-3-17(23-25)26-12-20-11-22-26/h3-4,11-15H,5-10H2,1-2H3. The summed E-state index contributed by atoms with van der Waals surface area (Å²) in [7, 11) is 0. The average Bonchev–Trinajstić information content (AvgIpc) is 3.37. The Labute approximate surface area is 163 Å². The maximum Gasteiger partial charge on any atom is 0.266 e. The van der Waals surface area contributed by atoms with Gasteiger partial charge in [0.1, 0.15) is 18.4 Å². The van der Waals surface area contributed by atoms with Gasteiger partial charge in [0.15, 0.2) is 12.2 Å². The Balaban J connectivity index is 1.36. The van der Waals surface area contributed by atoms with Gasteiger partial charge in [0.05, 0.1) is 5.69 Å². The van der Waals surface area contributed by atoms with Gasteiger partial charge in [-0.1, -0.05) is 13.8 Å². The van der Waals surface area contributed by atoms with E-state index >= 15 is 0 Å². The lowest BCUT2D eigenvalue weighted by Crippen LogP contribution is -2.36. The van der Waals surface area contributed by atoms with Crippen LogP contribution in [0.1, 0.15) is 44.1 Å². The fraction of sp³-hybridized carbons (Fsp3) is 0.526. The van der Waals surface area contributed by atoms with Gasteiger partial charge in [-0.05, 0) is 37.9 Å². The second kappa shape index (κ2) is 8.05. The van der Waals surface area contributed by atoms with Crippen molar-refractivity contribution >= 4 is 0 Å². The first-order chi connectivity index (χ1) is 13.6. The molecule has 1 fully saturated rings. The zero-order chi connectivity index (χ0) is 19.5. The lowest BCUT2D eigenvalue weighted by molar-refractivity contribution is 0.161. The minimum absolute atomic E-state index is 0.0875. The first kappa shape index (κ1) is 18.5. The Bertz CT molecular complexity index is 953. The summed E-state index contributed by atoms with van der Waals surface area (Å²) in [5, 5.41) is 8.52. The van der Waals surface area contributed by atoms with Crippen LogP contribution in [0.25, 0.3) is 5.82 Å². The molecule has 0 saturated carbocycles. The fourth-order valence-electron chi connectivity index (χ4n) is 3.67. The second-order valence-electron chi connectivity index (χ2n) is 7.59. The van der Waals surface area contributed by atoms with Crippen LogP contribution < -0.4 is 5.56 Å². The zero-order valence-corrected chi connectivity index (χ0v) is 16.2. The van der Waals surface area contributed by atoms with Crippen molar-refractivity contribution in [3.8, 4) is 5.82 Å². The summed E-state index contributed by atoms with van der Waals surface area (Å²) in [5.41, 5.74) is 0.947. The molecule has 0 bridgehead atoms. The van der Waals surface area contributed by atoms with Crippen LogP contribution >= 0.6 is 0 Å². The molecule has 9 heteroatoms. The number of aromatic nitrogens is 6. The molecule has 0 N–H and O–H groups in total. The number of hydrogen-bond acceptors (Lipinski definition) is 7. The molecule has 28 heavy (non-hydrogen) atoms. The molecule has 0 unspecified atom stereocenters. The van der Waals surface area contributed by atoms with Crippen molar-refractivity contribution in [3.05, 3.63) is 53.0 Å². The Morgan fingerprint density at radius 1 is 1.25 bits per heavy atom. The molecule has 0 atom stereocenters. The predicted octanol–water partition coefficient (Wildman–Crippen LogP) is 1.85. The quantitative estimate of drug-likeness (QED) is 0.641. The normalized spacial score (nSPS) is 16.1. The summed E-state index contributed by atoms with van der Waals surface area (Å²) >= 11 is 0. The number of nitrogens with zero attached hydrogens (tertiary/aromatic N) is 7. The Hall–Kier alpha value is -2.81. The van der Waals surface area contributed by atoms with E-state index in [9.17, 15) is 4.79 Å². The maximum atomic E-state index is 12.2. The van der Waals surface area contributed by atoms with Gasteiger partial charge in [-0.3, -0.25) is 9.69 Å². The van der Waals surface area contributed by atoms with Crippen LogP contribution in [0.2, 0.25) is 0 Å². The second-order valence-corrected chi connectivity index (χ2v) is 7.59. The summed E-state index contributed by atoms with van der Waals surface area (Å²) in [5.74, 6) is 2.34. The molecular weight excluding hydrogens is 358 g/mol. The lowest BCUT2D eigenvalue weighted by atomic mass is 9.96. The third kappa shape index (κ3) is 4.04. The maximum absolute atomic E-state index is 12.2. The molecule has 1 aliphatic rings. The van der Waals surface area contributed by atoms with Crippen LogP contribution in [-0.2, 0) is 13.1 Å². The van der Waals surface area contributed by atoms with Crippen molar-refractivity contribution in [2.45, 2.75) is 45.7 Å². The van der Waals surface area contributed by atoms with Gasteiger partial charge in [0.2, 0.25) is 0 Å². The van der Waals surface area contributed by atoms with Crippen molar-refractivity contribution < 1.29 is 4.42 Å². The van der Waals surface area contributed by atoms with E-state index in [0.717, 1.165) is 43.9 Å². The van der Waals surface area contributed by atoms with E-state index in [0.29, 0.717) is 24.2 Å². The highest BCUT2D eigenvalue weighted by Gasteiger charge is 2.23. The van der Waals surface area contributed by atoms with Gasteiger partial charge in [0, 0.05) is 25.1 Å². The third-order valence-corrected chi connectivity index (χ3v) is 5.21. The van der Waals surface area contributed by atoms with Crippen molar-refractivity contribution in [2.24, 2.45) is 5.92 Å². The molecule has 148 valence electrons. The molecule has 0 aromatic carbocycles. The predicted molar refractivity (Wildman–Crippen MR) is 102 cm³/mol. The van der Waals surface area contributed by atoms with Gasteiger partial charge < -0.3 is 4.42 Å². The van der Waals surface area contributed by atoms with E-state index in [-0.39, 0.29) is 5.56 Å². The summed E-state index contributed by atoms with van der Waals surface area (Å²) < 4.78 is 8.63. The number of likely N-dealkylation sites (tertiary alicyclic amines) is 1. The lowest BCUT2D eigenvalue weighted by Gasteiger charge is -2.31. The topological polar surface area (TPSA) is 94.9 Å². The van der Waals surface area contributed by atoms with E-state index in [2.05, 4.69) is 38.9 Å². The van der Waals surface area contributed by atoms with Crippen molar-refractivity contribution in [2.75, 3.05) is 13.1 Å². The first-order valence-electron chi connectivity index (χ1n) is 9.68. The largest absolute Gasteiger partial charge is 0.448 e. The Kier molecular flexibility index (Phi) is 5.34. The average molecular weight is 383 g/mol. The van der Waals surface area contributed by atoms with E-state index in [4.69, 9.17) is 4.42 Å². The van der Waals surface area contributed by atoms with Crippen LogP contribution in [0.15, 0.2) is 40.4 Å². The number of piperidine rings is 1. The summed E-state index contributed by atoms with van der Waals surface area (Å²) in [4.78, 5) is 22.9. The molecule has 4 rings (SSSR count). The molecule has 3 aromatic rings. The van der Waals surface area contributed by atoms with Gasteiger partial charge >= 0.3 is 0 Å². The Morgan fingerprint density at radius 3 is 2.79 bits per heavy atom. The highest BCUT2D eigenvalue weighted by Crippen LogP contribution is 2.23. The fourth-order valence-corrected chi connectivity index (χ4v) is 3.67. The van der Waals surface area contributed by atoms with Crippen LogP contribution in [0.3, 0.4) is 0 Å². The minimum atomic E-state index is -0.0875. The summed E-state index contributed by atoms with van der Waals surface area (Å²) in [6.45, 7) is 7.63. The molecular formula is C19H25N7O2. The van der Waals surface area contributed by atoms with Crippen molar-refractivity contribution in [3.63, 3.8) is 0 Å². The SMILES string of the molecule is CC(C)c1ocnc1CN1CCC(Cn2nc(-n3cncn3)ccc2=O)CC1. The van der Waals surface area contributed by atoms with Gasteiger partial charge in [-0.15, -0.1) is 5.10 Å². The van der Waals surface area contributed by atoms with Crippen LogP contribution in [0.5, 0.6) is 0 Å². The molecule has 1 saturated heterocycles. The number of oxazole rings is 1. The van der Waals surface area contributed by atoms with Crippen LogP contribution in [0, 0.1) is 5.92 Å². The van der Waals surface area contributed by atoms with E-state index < -0.39 is 0 Å². The smallest absolute Gasteiger partial charge is 0.266 e. The van der Waals surface area contributed by atoms with E-state index in [1.165, 1.54) is 18.8 Å². The molecule has 9 nitrogen and oxygen atoms in total. The molecule has 0 spiro atoms. The van der Waals surface area contributed by atoms with Crippen LogP contribution in [-0.4, -0.2) is 47.5 Å². The van der Waals surface area contributed by atoms with Crippen LogP contribution in [0.4, 0.5) is 0 Å². The highest BCUT2D eigenvalue weighted by atomic mass is 16.3. The van der Waals surface area contributed by atoms with Gasteiger partial charge in [-0.2, -0.15) is 5.10 Å². The van der Waals surface area contributed by atoms with E-state index in [1.54, 1.807) is 21.8 Å².